The summed E-state index contributed by atoms with van der Waals surface area (Å²) in [6, 6.07) is 2.89. The molecule has 0 heterocycles. The van der Waals surface area contributed by atoms with E-state index < -0.39 is 11.8 Å². The summed E-state index contributed by atoms with van der Waals surface area (Å²) in [7, 11) is 0. The van der Waals surface area contributed by atoms with Gasteiger partial charge in [0.15, 0.2) is 0 Å². The van der Waals surface area contributed by atoms with Gasteiger partial charge >= 0.3 is 5.97 Å². The summed E-state index contributed by atoms with van der Waals surface area (Å²) in [6.07, 6.45) is -0.316. The lowest BCUT2D eigenvalue weighted by molar-refractivity contribution is -0.136. The van der Waals surface area contributed by atoms with Crippen molar-refractivity contribution in [1.29, 1.82) is 0 Å². The summed E-state index contributed by atoms with van der Waals surface area (Å²) in [5.74, 6) is -1.59. The molecule has 4 heteroatoms. The average molecular weight is 203 g/mol. The van der Waals surface area contributed by atoms with Gasteiger partial charge in [0.05, 0.1) is 6.42 Å². The van der Waals surface area contributed by atoms with E-state index in [-0.39, 0.29) is 12.0 Å². The van der Waals surface area contributed by atoms with Crippen LogP contribution in [-0.2, 0) is 11.2 Å². The van der Waals surface area contributed by atoms with Crippen LogP contribution in [0.2, 0.25) is 5.02 Å². The van der Waals surface area contributed by atoms with E-state index in [9.17, 15) is 9.18 Å². The van der Waals surface area contributed by atoms with Crippen LogP contribution in [0, 0.1) is 12.7 Å². The number of hydrogen-bond acceptors (Lipinski definition) is 1. The Morgan fingerprint density at radius 2 is 2.23 bits per heavy atom. The highest BCUT2D eigenvalue weighted by atomic mass is 35.5. The third kappa shape index (κ3) is 2.18. The van der Waals surface area contributed by atoms with Gasteiger partial charge < -0.3 is 5.11 Å². The molecule has 1 aromatic rings. The Morgan fingerprint density at radius 1 is 1.62 bits per heavy atom. The summed E-state index contributed by atoms with van der Waals surface area (Å²) < 4.78 is 13.3. The molecule has 2 nitrogen and oxygen atoms in total. The van der Waals surface area contributed by atoms with Gasteiger partial charge in [0.2, 0.25) is 0 Å². The normalized spacial score (nSPS) is 10.1. The molecule has 1 N–H and O–H groups in total. The minimum absolute atomic E-state index is 0.161. The Labute approximate surface area is 80.0 Å². The fourth-order valence-corrected chi connectivity index (χ4v) is 1.16. The maximum Gasteiger partial charge on any atom is 0.307 e. The van der Waals surface area contributed by atoms with Crippen LogP contribution in [0.25, 0.3) is 0 Å². The van der Waals surface area contributed by atoms with E-state index in [1.54, 1.807) is 0 Å². The first-order chi connectivity index (χ1) is 6.02. The van der Waals surface area contributed by atoms with Gasteiger partial charge in [0, 0.05) is 10.6 Å². The largest absolute Gasteiger partial charge is 0.481 e. The SMILES string of the molecule is Cc1c(Cl)ccc(CC(=O)O)c1F. The molecule has 0 spiro atoms. The zero-order chi connectivity index (χ0) is 10.0. The number of halogens is 2. The minimum Gasteiger partial charge on any atom is -0.481 e. The van der Waals surface area contributed by atoms with Crippen LogP contribution in [0.4, 0.5) is 4.39 Å². The van der Waals surface area contributed by atoms with E-state index in [1.807, 2.05) is 0 Å². The minimum atomic E-state index is -1.05. The van der Waals surface area contributed by atoms with Crippen molar-refractivity contribution >= 4 is 17.6 Å². The third-order valence-electron chi connectivity index (χ3n) is 1.74. The lowest BCUT2D eigenvalue weighted by atomic mass is 10.1. The van der Waals surface area contributed by atoms with Crippen molar-refractivity contribution < 1.29 is 14.3 Å². The molecule has 0 aliphatic heterocycles. The van der Waals surface area contributed by atoms with Gasteiger partial charge in [0.1, 0.15) is 5.82 Å². The fourth-order valence-electron chi connectivity index (χ4n) is 1.02. The summed E-state index contributed by atoms with van der Waals surface area (Å²) in [4.78, 5) is 10.3. The molecule has 0 aromatic heterocycles. The van der Waals surface area contributed by atoms with Gasteiger partial charge in [-0.2, -0.15) is 0 Å². The van der Waals surface area contributed by atoms with Crippen LogP contribution in [0.5, 0.6) is 0 Å². The van der Waals surface area contributed by atoms with Crippen LogP contribution in [-0.4, -0.2) is 11.1 Å². The van der Waals surface area contributed by atoms with Crippen molar-refractivity contribution in [2.24, 2.45) is 0 Å². The molecule has 0 saturated carbocycles. The number of hydrogen-bond donors (Lipinski definition) is 1. The van der Waals surface area contributed by atoms with E-state index in [0.717, 1.165) is 0 Å². The summed E-state index contributed by atoms with van der Waals surface area (Å²) in [6.45, 7) is 1.52. The monoisotopic (exact) mass is 202 g/mol. The van der Waals surface area contributed by atoms with E-state index >= 15 is 0 Å². The topological polar surface area (TPSA) is 37.3 Å². The molecule has 0 amide bonds. The smallest absolute Gasteiger partial charge is 0.307 e. The molecule has 13 heavy (non-hydrogen) atoms. The lowest BCUT2D eigenvalue weighted by Gasteiger charge is -2.04. The van der Waals surface area contributed by atoms with E-state index in [1.165, 1.54) is 19.1 Å². The predicted molar refractivity (Wildman–Crippen MR) is 47.5 cm³/mol. The molecule has 0 saturated heterocycles. The number of carbonyl (C=O) groups is 1. The third-order valence-corrected chi connectivity index (χ3v) is 2.15. The van der Waals surface area contributed by atoms with Gasteiger partial charge in [0.25, 0.3) is 0 Å². The fraction of sp³-hybridized carbons (Fsp3) is 0.222. The molecule has 1 rings (SSSR count). The maximum absolute atomic E-state index is 13.3. The van der Waals surface area contributed by atoms with Crippen LogP contribution >= 0.6 is 11.6 Å². The maximum atomic E-state index is 13.3. The summed E-state index contributed by atoms with van der Waals surface area (Å²) >= 11 is 5.64. The zero-order valence-electron chi connectivity index (χ0n) is 6.97. The lowest BCUT2D eigenvalue weighted by Crippen LogP contribution is -2.03. The molecule has 0 unspecified atom stereocenters. The van der Waals surface area contributed by atoms with Crippen molar-refractivity contribution in [3.63, 3.8) is 0 Å². The first-order valence-corrected chi connectivity index (χ1v) is 4.05. The average Bonchev–Trinajstić information content (AvgIpc) is 2.06. The van der Waals surface area contributed by atoms with Crippen LogP contribution < -0.4 is 0 Å². The van der Waals surface area contributed by atoms with Crippen molar-refractivity contribution in [2.75, 3.05) is 0 Å². The van der Waals surface area contributed by atoms with Gasteiger partial charge in [-0.3, -0.25) is 4.79 Å². The van der Waals surface area contributed by atoms with Crippen LogP contribution in [0.15, 0.2) is 12.1 Å². The summed E-state index contributed by atoms with van der Waals surface area (Å²) in [5, 5.41) is 8.76. The molecular weight excluding hydrogens is 195 g/mol. The Morgan fingerprint density at radius 3 is 2.77 bits per heavy atom. The first-order valence-electron chi connectivity index (χ1n) is 3.67. The van der Waals surface area contributed by atoms with Gasteiger partial charge in [-0.15, -0.1) is 0 Å². The van der Waals surface area contributed by atoms with Gasteiger partial charge in [-0.1, -0.05) is 17.7 Å². The molecule has 0 bridgehead atoms. The number of rotatable bonds is 2. The van der Waals surface area contributed by atoms with E-state index in [0.29, 0.717) is 10.6 Å². The Kier molecular flexibility index (Phi) is 2.88. The molecule has 0 atom stereocenters. The highest BCUT2D eigenvalue weighted by Gasteiger charge is 2.10. The van der Waals surface area contributed by atoms with Crippen LogP contribution in [0.3, 0.4) is 0 Å². The highest BCUT2D eigenvalue weighted by Crippen LogP contribution is 2.21. The first kappa shape index (κ1) is 9.99. The quantitative estimate of drug-likeness (QED) is 0.800. The molecular formula is C9H8ClFO2. The molecule has 0 aliphatic carbocycles. The van der Waals surface area contributed by atoms with Crippen molar-refractivity contribution in [3.05, 3.63) is 34.1 Å². The zero-order valence-corrected chi connectivity index (χ0v) is 7.73. The van der Waals surface area contributed by atoms with E-state index in [4.69, 9.17) is 16.7 Å². The molecule has 70 valence electrons. The second-order valence-corrected chi connectivity index (χ2v) is 3.12. The Hall–Kier alpha value is -1.09. The van der Waals surface area contributed by atoms with Crippen molar-refractivity contribution in [2.45, 2.75) is 13.3 Å². The van der Waals surface area contributed by atoms with Crippen molar-refractivity contribution in [3.8, 4) is 0 Å². The Bertz CT molecular complexity index is 350. The van der Waals surface area contributed by atoms with Gasteiger partial charge in [-0.25, -0.2) is 4.39 Å². The van der Waals surface area contributed by atoms with Crippen LogP contribution in [0.1, 0.15) is 11.1 Å². The van der Waals surface area contributed by atoms with E-state index in [2.05, 4.69) is 0 Å². The predicted octanol–water partition coefficient (Wildman–Crippen LogP) is 2.41. The molecule has 1 aromatic carbocycles. The highest BCUT2D eigenvalue weighted by molar-refractivity contribution is 6.31. The standard InChI is InChI=1S/C9H8ClFO2/c1-5-7(10)3-2-6(9(5)11)4-8(12)13/h2-3H,4H2,1H3,(H,12,13). The number of carboxylic acids is 1. The van der Waals surface area contributed by atoms with Crippen molar-refractivity contribution in [1.82, 2.24) is 0 Å². The molecule has 0 fully saturated rings. The second-order valence-electron chi connectivity index (χ2n) is 2.72. The number of benzene rings is 1. The number of carboxylic acid groups (broad SMARTS) is 1. The molecule has 0 radical (unpaired) electrons. The number of aliphatic carboxylic acids is 1. The van der Waals surface area contributed by atoms with Gasteiger partial charge in [-0.05, 0) is 18.6 Å². The molecule has 0 aliphatic rings. The second kappa shape index (κ2) is 3.75. The summed E-state index contributed by atoms with van der Waals surface area (Å²) in [5.41, 5.74) is 0.454. The Balaban J connectivity index is 3.10.